The summed E-state index contributed by atoms with van der Waals surface area (Å²) in [7, 11) is 0. The number of fused-ring (bicyclic) bond motifs is 1. The highest BCUT2D eigenvalue weighted by molar-refractivity contribution is 9.10. The lowest BCUT2D eigenvalue weighted by atomic mass is 9.90. The summed E-state index contributed by atoms with van der Waals surface area (Å²) >= 11 is 3.38. The van der Waals surface area contributed by atoms with E-state index in [1.54, 1.807) is 12.1 Å². The van der Waals surface area contributed by atoms with E-state index in [1.165, 1.54) is 11.8 Å². The van der Waals surface area contributed by atoms with E-state index in [0.717, 1.165) is 10.0 Å². The van der Waals surface area contributed by atoms with E-state index in [-0.39, 0.29) is 24.9 Å². The van der Waals surface area contributed by atoms with Crippen molar-refractivity contribution in [2.45, 2.75) is 45.4 Å². The van der Waals surface area contributed by atoms with Gasteiger partial charge in [0.15, 0.2) is 5.60 Å². The molecule has 142 valence electrons. The molecule has 1 aliphatic rings. The Morgan fingerprint density at radius 3 is 2.63 bits per heavy atom. The quantitative estimate of drug-likeness (QED) is 0.751. The fraction of sp³-hybridized carbons (Fsp3) is 0.333. The van der Waals surface area contributed by atoms with Crippen LogP contribution in [0.1, 0.15) is 38.3 Å². The van der Waals surface area contributed by atoms with E-state index >= 15 is 0 Å². The summed E-state index contributed by atoms with van der Waals surface area (Å²) in [5, 5.41) is 11.1. The number of ether oxygens (including phenoxy) is 1. The van der Waals surface area contributed by atoms with Gasteiger partial charge in [-0.2, -0.15) is 0 Å². The summed E-state index contributed by atoms with van der Waals surface area (Å²) in [6.07, 6.45) is -0.256. The normalized spacial score (nSPS) is 18.7. The van der Waals surface area contributed by atoms with Crippen LogP contribution in [0.25, 0.3) is 0 Å². The van der Waals surface area contributed by atoms with Gasteiger partial charge in [0.25, 0.3) is 5.91 Å². The van der Waals surface area contributed by atoms with Crippen LogP contribution in [0.4, 0.5) is 5.69 Å². The maximum absolute atomic E-state index is 13.1. The molecule has 0 saturated carbocycles. The lowest BCUT2D eigenvalue weighted by Gasteiger charge is -2.23. The smallest absolute Gasteiger partial charge is 0.264 e. The predicted octanol–water partition coefficient (Wildman–Crippen LogP) is 3.95. The third-order valence-electron chi connectivity index (χ3n) is 4.46. The van der Waals surface area contributed by atoms with Gasteiger partial charge in [-0.05, 0) is 45.0 Å². The Labute approximate surface area is 167 Å². The number of para-hydroxylation sites is 1. The summed E-state index contributed by atoms with van der Waals surface area (Å²) in [4.78, 5) is 26.4. The van der Waals surface area contributed by atoms with Crippen molar-refractivity contribution in [3.8, 4) is 5.75 Å². The molecule has 0 aromatic heterocycles. The van der Waals surface area contributed by atoms with Crippen LogP contribution in [-0.4, -0.2) is 22.9 Å². The third kappa shape index (κ3) is 3.77. The minimum absolute atomic E-state index is 0.00156. The molecular weight excluding hydrogens is 410 g/mol. The van der Waals surface area contributed by atoms with Gasteiger partial charge in [0.05, 0.1) is 18.3 Å². The highest BCUT2D eigenvalue weighted by atomic mass is 79.9. The first kappa shape index (κ1) is 19.6. The van der Waals surface area contributed by atoms with Crippen molar-refractivity contribution in [3.05, 3.63) is 58.1 Å². The van der Waals surface area contributed by atoms with Crippen LogP contribution in [-0.2, 0) is 21.7 Å². The van der Waals surface area contributed by atoms with Crippen molar-refractivity contribution in [2.75, 3.05) is 4.90 Å². The van der Waals surface area contributed by atoms with Crippen LogP contribution in [0.15, 0.2) is 46.9 Å². The number of benzene rings is 2. The Morgan fingerprint density at radius 2 is 1.96 bits per heavy atom. The first-order valence-electron chi connectivity index (χ1n) is 8.80. The van der Waals surface area contributed by atoms with E-state index in [2.05, 4.69) is 15.9 Å². The number of Topliss-reactive ketones (excluding diaryl/α,β-unsaturated/α-hetero) is 1. The van der Waals surface area contributed by atoms with Gasteiger partial charge in [-0.3, -0.25) is 9.59 Å². The molecule has 6 heteroatoms. The Morgan fingerprint density at radius 1 is 1.26 bits per heavy atom. The number of aliphatic hydroxyl groups is 1. The Balaban J connectivity index is 2.03. The topological polar surface area (TPSA) is 66.8 Å². The summed E-state index contributed by atoms with van der Waals surface area (Å²) in [5.74, 6) is -0.0479. The molecule has 0 saturated heterocycles. The van der Waals surface area contributed by atoms with Gasteiger partial charge in [0, 0.05) is 22.0 Å². The molecular formula is C21H22BrNO4. The first-order chi connectivity index (χ1) is 12.7. The zero-order chi connectivity index (χ0) is 19.8. The van der Waals surface area contributed by atoms with Crippen molar-refractivity contribution in [2.24, 2.45) is 0 Å². The van der Waals surface area contributed by atoms with Gasteiger partial charge >= 0.3 is 0 Å². The standard InChI is InChI=1S/C21H22BrNO4/c1-13(2)27-19-7-5-4-6-15(19)12-23-18-9-8-16(22)10-17(18)21(26,20(23)25)11-14(3)24/h4-10,13,26H,11-12H2,1-3H3/t21-/m1/s1. The first-order valence-corrected chi connectivity index (χ1v) is 9.60. The second-order valence-corrected chi connectivity index (χ2v) is 7.98. The maximum atomic E-state index is 13.1. The summed E-state index contributed by atoms with van der Waals surface area (Å²) < 4.78 is 6.59. The van der Waals surface area contributed by atoms with Crippen LogP contribution < -0.4 is 9.64 Å². The number of hydrogen-bond acceptors (Lipinski definition) is 4. The lowest BCUT2D eigenvalue weighted by molar-refractivity contribution is -0.141. The number of ketones is 1. The molecule has 0 spiro atoms. The number of anilines is 1. The van der Waals surface area contributed by atoms with Crippen molar-refractivity contribution in [1.82, 2.24) is 0 Å². The van der Waals surface area contributed by atoms with E-state index in [9.17, 15) is 14.7 Å². The summed E-state index contributed by atoms with van der Waals surface area (Å²) in [6, 6.07) is 12.8. The number of hydrogen-bond donors (Lipinski definition) is 1. The van der Waals surface area contributed by atoms with Gasteiger partial charge in [0.1, 0.15) is 11.5 Å². The monoisotopic (exact) mass is 431 g/mol. The zero-order valence-electron chi connectivity index (χ0n) is 15.5. The second-order valence-electron chi connectivity index (χ2n) is 7.07. The molecule has 1 aliphatic heterocycles. The predicted molar refractivity (Wildman–Crippen MR) is 107 cm³/mol. The van der Waals surface area contributed by atoms with E-state index in [4.69, 9.17) is 4.74 Å². The molecule has 2 aromatic carbocycles. The average Bonchev–Trinajstić information content (AvgIpc) is 2.77. The number of amides is 1. The van der Waals surface area contributed by atoms with Crippen LogP contribution in [0.3, 0.4) is 0 Å². The van der Waals surface area contributed by atoms with Gasteiger partial charge in [-0.25, -0.2) is 0 Å². The summed E-state index contributed by atoms with van der Waals surface area (Å²) in [6.45, 7) is 5.50. The Kier molecular flexibility index (Phi) is 5.40. The summed E-state index contributed by atoms with van der Waals surface area (Å²) in [5.41, 5.74) is 0.0323. The highest BCUT2D eigenvalue weighted by Crippen LogP contribution is 2.44. The molecule has 3 rings (SSSR count). The molecule has 27 heavy (non-hydrogen) atoms. The minimum atomic E-state index is -1.85. The van der Waals surface area contributed by atoms with E-state index in [0.29, 0.717) is 17.0 Å². The molecule has 2 aromatic rings. The maximum Gasteiger partial charge on any atom is 0.264 e. The molecule has 0 radical (unpaired) electrons. The van der Waals surface area contributed by atoms with Gasteiger partial charge in [-0.1, -0.05) is 34.1 Å². The minimum Gasteiger partial charge on any atom is -0.491 e. The van der Waals surface area contributed by atoms with Crippen LogP contribution in [0, 0.1) is 0 Å². The molecule has 1 heterocycles. The Hall–Kier alpha value is -2.18. The number of carbonyl (C=O) groups excluding carboxylic acids is 2. The van der Waals surface area contributed by atoms with Gasteiger partial charge in [0.2, 0.25) is 0 Å². The number of carbonyl (C=O) groups is 2. The molecule has 0 bridgehead atoms. The van der Waals surface area contributed by atoms with E-state index < -0.39 is 11.5 Å². The SMILES string of the molecule is CC(=O)C[C@]1(O)C(=O)N(Cc2ccccc2OC(C)C)c2ccc(Br)cc21. The highest BCUT2D eigenvalue weighted by Gasteiger charge is 2.50. The molecule has 1 N–H and O–H groups in total. The van der Waals surface area contributed by atoms with Crippen LogP contribution in [0.2, 0.25) is 0 Å². The molecule has 0 unspecified atom stereocenters. The van der Waals surface area contributed by atoms with Crippen molar-refractivity contribution in [3.63, 3.8) is 0 Å². The number of nitrogens with zero attached hydrogens (tertiary/aromatic N) is 1. The lowest BCUT2D eigenvalue weighted by Crippen LogP contribution is -2.41. The second kappa shape index (κ2) is 7.44. The van der Waals surface area contributed by atoms with Crippen molar-refractivity contribution in [1.29, 1.82) is 0 Å². The fourth-order valence-corrected chi connectivity index (χ4v) is 3.75. The van der Waals surface area contributed by atoms with Crippen molar-refractivity contribution >= 4 is 33.3 Å². The molecule has 0 aliphatic carbocycles. The van der Waals surface area contributed by atoms with Crippen LogP contribution in [0.5, 0.6) is 5.75 Å². The number of halogens is 1. The van der Waals surface area contributed by atoms with Crippen LogP contribution >= 0.6 is 15.9 Å². The average molecular weight is 432 g/mol. The van der Waals surface area contributed by atoms with E-state index in [1.807, 2.05) is 44.2 Å². The number of rotatable bonds is 6. The molecule has 0 fully saturated rings. The Bertz CT molecular complexity index is 896. The van der Waals surface area contributed by atoms with Crippen molar-refractivity contribution < 1.29 is 19.4 Å². The third-order valence-corrected chi connectivity index (χ3v) is 4.96. The molecule has 1 amide bonds. The van der Waals surface area contributed by atoms with Gasteiger partial charge in [-0.15, -0.1) is 0 Å². The largest absolute Gasteiger partial charge is 0.491 e. The molecule has 1 atom stereocenters. The zero-order valence-corrected chi connectivity index (χ0v) is 17.1. The molecule has 5 nitrogen and oxygen atoms in total. The van der Waals surface area contributed by atoms with Gasteiger partial charge < -0.3 is 14.7 Å². The fourth-order valence-electron chi connectivity index (χ4n) is 3.38.